The topological polar surface area (TPSA) is 67.9 Å². The van der Waals surface area contributed by atoms with Gasteiger partial charge in [-0.3, -0.25) is 0 Å². The zero-order valence-corrected chi connectivity index (χ0v) is 11.8. The number of nitriles is 1. The molecule has 0 aliphatic carbocycles. The van der Waals surface area contributed by atoms with Crippen LogP contribution in [0.15, 0.2) is 30.3 Å². The number of nitrogens with zero attached hydrogens (tertiary/aromatic N) is 3. The Bertz CT molecular complexity index is 674. The van der Waals surface area contributed by atoms with E-state index in [1.807, 2.05) is 36.4 Å². The first-order valence-corrected chi connectivity index (χ1v) is 6.33. The van der Waals surface area contributed by atoms with Crippen LogP contribution in [0, 0.1) is 18.3 Å². The zero-order chi connectivity index (χ0) is 14.7. The van der Waals surface area contributed by atoms with Gasteiger partial charge in [0.25, 0.3) is 0 Å². The molecule has 5 nitrogen and oxygen atoms in total. The summed E-state index contributed by atoms with van der Waals surface area (Å²) < 4.78 is 6.42. The summed E-state index contributed by atoms with van der Waals surface area (Å²) in [5.41, 5.74) is 1.37. The molecule has 0 bridgehead atoms. The van der Waals surface area contributed by atoms with Crippen LogP contribution in [0.4, 0.5) is 0 Å². The van der Waals surface area contributed by atoms with Gasteiger partial charge in [0.1, 0.15) is 16.8 Å². The second kappa shape index (κ2) is 5.76. The van der Waals surface area contributed by atoms with Crippen molar-refractivity contribution in [3.8, 4) is 11.8 Å². The van der Waals surface area contributed by atoms with E-state index in [4.69, 9.17) is 21.6 Å². The number of ether oxygens (including phenoxy) is 1. The molecule has 0 spiro atoms. The maximum atomic E-state index is 12.0. The normalized spacial score (nSPS) is 11.7. The van der Waals surface area contributed by atoms with Crippen LogP contribution >= 0.6 is 11.6 Å². The maximum absolute atomic E-state index is 12.0. The largest absolute Gasteiger partial charge is 0.444 e. The first-order chi connectivity index (χ1) is 9.54. The number of rotatable bonds is 3. The highest BCUT2D eigenvalue weighted by Crippen LogP contribution is 2.24. The van der Waals surface area contributed by atoms with Crippen molar-refractivity contribution in [3.63, 3.8) is 0 Å². The van der Waals surface area contributed by atoms with Crippen molar-refractivity contribution in [2.45, 2.75) is 20.0 Å². The van der Waals surface area contributed by atoms with Crippen LogP contribution in [0.5, 0.6) is 0 Å². The van der Waals surface area contributed by atoms with E-state index < -0.39 is 12.1 Å². The van der Waals surface area contributed by atoms with Crippen molar-refractivity contribution in [2.75, 3.05) is 0 Å². The highest BCUT2D eigenvalue weighted by atomic mass is 35.5. The molecule has 0 amide bonds. The molecule has 1 aromatic carbocycles. The quantitative estimate of drug-likeness (QED) is 0.815. The number of aryl methyl sites for hydroxylation is 1. The Labute approximate surface area is 121 Å². The minimum absolute atomic E-state index is 0.170. The van der Waals surface area contributed by atoms with Crippen molar-refractivity contribution >= 4 is 17.6 Å². The van der Waals surface area contributed by atoms with Gasteiger partial charge in [-0.15, -0.1) is 0 Å². The van der Waals surface area contributed by atoms with E-state index >= 15 is 0 Å². The van der Waals surface area contributed by atoms with Gasteiger partial charge in [0.05, 0.1) is 11.4 Å². The molecule has 2 rings (SSSR count). The third-order valence-electron chi connectivity index (χ3n) is 2.67. The Balaban J connectivity index is 2.40. The van der Waals surface area contributed by atoms with E-state index in [1.165, 1.54) is 11.6 Å². The fourth-order valence-electron chi connectivity index (χ4n) is 1.72. The van der Waals surface area contributed by atoms with Crippen LogP contribution in [0.2, 0.25) is 5.15 Å². The number of benzene rings is 1. The van der Waals surface area contributed by atoms with E-state index in [0.717, 1.165) is 5.69 Å². The van der Waals surface area contributed by atoms with Crippen LogP contribution in [0.3, 0.4) is 0 Å². The van der Waals surface area contributed by atoms with Gasteiger partial charge in [-0.25, -0.2) is 9.48 Å². The van der Waals surface area contributed by atoms with Gasteiger partial charge in [0.15, 0.2) is 6.10 Å². The van der Waals surface area contributed by atoms with E-state index in [1.54, 1.807) is 6.92 Å². The van der Waals surface area contributed by atoms with Crippen molar-refractivity contribution in [3.05, 3.63) is 46.7 Å². The summed E-state index contributed by atoms with van der Waals surface area (Å²) >= 11 is 6.20. The van der Waals surface area contributed by atoms with Crippen LogP contribution in [-0.4, -0.2) is 21.9 Å². The first kappa shape index (κ1) is 14.1. The number of halogens is 1. The van der Waals surface area contributed by atoms with Gasteiger partial charge in [0.2, 0.25) is 0 Å². The minimum atomic E-state index is -0.835. The first-order valence-electron chi connectivity index (χ1n) is 5.95. The molecule has 1 atom stereocenters. The minimum Gasteiger partial charge on any atom is -0.444 e. The van der Waals surface area contributed by atoms with Gasteiger partial charge in [-0.2, -0.15) is 10.4 Å². The average molecular weight is 290 g/mol. The number of hydrogen-bond acceptors (Lipinski definition) is 4. The Morgan fingerprint density at radius 1 is 1.45 bits per heavy atom. The molecular weight excluding hydrogens is 278 g/mol. The van der Waals surface area contributed by atoms with Crippen molar-refractivity contribution < 1.29 is 9.53 Å². The lowest BCUT2D eigenvalue weighted by atomic mass is 10.2. The SMILES string of the molecule is Cc1nn(-c2ccccc2)c(Cl)c1C(=O)O[C@H](C)C#N. The molecule has 0 radical (unpaired) electrons. The molecule has 0 aliphatic heterocycles. The predicted octanol–water partition coefficient (Wildman–Crippen LogP) is 2.90. The number of esters is 1. The molecule has 6 heteroatoms. The predicted molar refractivity (Wildman–Crippen MR) is 73.8 cm³/mol. The van der Waals surface area contributed by atoms with E-state index in [-0.39, 0.29) is 10.7 Å². The summed E-state index contributed by atoms with van der Waals surface area (Å²) in [6.45, 7) is 3.15. The molecule has 1 aromatic heterocycles. The van der Waals surface area contributed by atoms with Gasteiger partial charge in [0, 0.05) is 0 Å². The molecular formula is C14H12ClN3O2. The van der Waals surface area contributed by atoms with Gasteiger partial charge in [-0.1, -0.05) is 29.8 Å². The van der Waals surface area contributed by atoms with Gasteiger partial charge < -0.3 is 4.74 Å². The number of para-hydroxylation sites is 1. The fourth-order valence-corrected chi connectivity index (χ4v) is 2.07. The van der Waals surface area contributed by atoms with E-state index in [9.17, 15) is 4.79 Å². The van der Waals surface area contributed by atoms with E-state index in [0.29, 0.717) is 5.69 Å². The summed E-state index contributed by atoms with van der Waals surface area (Å²) in [5.74, 6) is -0.649. The summed E-state index contributed by atoms with van der Waals surface area (Å²) in [5, 5.41) is 13.1. The second-order valence-electron chi connectivity index (χ2n) is 4.18. The Kier molecular flexibility index (Phi) is 4.06. The standard InChI is InChI=1S/C14H12ClN3O2/c1-9(8-16)20-14(19)12-10(2)17-18(13(12)15)11-6-4-3-5-7-11/h3-7,9H,1-2H3/t9-/m1/s1. The number of carbonyl (C=O) groups is 1. The van der Waals surface area contributed by atoms with Crippen molar-refractivity contribution in [1.82, 2.24) is 9.78 Å². The molecule has 0 saturated carbocycles. The molecule has 2 aromatic rings. The number of carbonyl (C=O) groups excluding carboxylic acids is 1. The van der Waals surface area contributed by atoms with Crippen molar-refractivity contribution in [1.29, 1.82) is 5.26 Å². The molecule has 0 fully saturated rings. The van der Waals surface area contributed by atoms with Gasteiger partial charge >= 0.3 is 5.97 Å². The van der Waals surface area contributed by atoms with Gasteiger partial charge in [-0.05, 0) is 26.0 Å². The highest BCUT2D eigenvalue weighted by Gasteiger charge is 2.23. The van der Waals surface area contributed by atoms with Crippen LogP contribution in [-0.2, 0) is 4.74 Å². The lowest BCUT2D eigenvalue weighted by molar-refractivity contribution is 0.0435. The average Bonchev–Trinajstić information content (AvgIpc) is 2.74. The van der Waals surface area contributed by atoms with Crippen LogP contribution in [0.25, 0.3) is 5.69 Å². The third-order valence-corrected chi connectivity index (χ3v) is 3.02. The monoisotopic (exact) mass is 289 g/mol. The van der Waals surface area contributed by atoms with E-state index in [2.05, 4.69) is 5.10 Å². The van der Waals surface area contributed by atoms with Crippen molar-refractivity contribution in [2.24, 2.45) is 0 Å². The zero-order valence-electron chi connectivity index (χ0n) is 11.0. The summed E-state index contributed by atoms with van der Waals surface area (Å²) in [6, 6.07) is 11.0. The van der Waals surface area contributed by atoms with Crippen LogP contribution in [0.1, 0.15) is 23.0 Å². The Hall–Kier alpha value is -2.32. The highest BCUT2D eigenvalue weighted by molar-refractivity contribution is 6.33. The molecule has 0 saturated heterocycles. The smallest absolute Gasteiger partial charge is 0.344 e. The molecule has 20 heavy (non-hydrogen) atoms. The third kappa shape index (κ3) is 2.65. The Morgan fingerprint density at radius 3 is 2.70 bits per heavy atom. The van der Waals surface area contributed by atoms with Crippen LogP contribution < -0.4 is 0 Å². The molecule has 102 valence electrons. The second-order valence-corrected chi connectivity index (χ2v) is 4.53. The molecule has 0 aliphatic rings. The number of hydrogen-bond donors (Lipinski definition) is 0. The number of aromatic nitrogens is 2. The Morgan fingerprint density at radius 2 is 2.10 bits per heavy atom. The summed E-state index contributed by atoms with van der Waals surface area (Å²) in [7, 11) is 0. The lowest BCUT2D eigenvalue weighted by Gasteiger charge is -2.06. The molecule has 0 N–H and O–H groups in total. The fraction of sp³-hybridized carbons (Fsp3) is 0.214. The summed E-state index contributed by atoms with van der Waals surface area (Å²) in [6.07, 6.45) is -0.835. The summed E-state index contributed by atoms with van der Waals surface area (Å²) in [4.78, 5) is 12.0. The molecule has 0 unspecified atom stereocenters. The lowest BCUT2D eigenvalue weighted by Crippen LogP contribution is -2.14. The maximum Gasteiger partial charge on any atom is 0.344 e. The molecule has 1 heterocycles.